The molecule has 1 heterocycles. The second-order valence-corrected chi connectivity index (χ2v) is 6.12. The van der Waals surface area contributed by atoms with E-state index in [4.69, 9.17) is 4.74 Å². The molecule has 2 aromatic rings. The van der Waals surface area contributed by atoms with Gasteiger partial charge in [-0.05, 0) is 44.5 Å². The van der Waals surface area contributed by atoms with E-state index in [1.807, 2.05) is 18.3 Å². The summed E-state index contributed by atoms with van der Waals surface area (Å²) >= 11 is 3.44. The van der Waals surface area contributed by atoms with Gasteiger partial charge < -0.3 is 15.0 Å². The van der Waals surface area contributed by atoms with Gasteiger partial charge in [0, 0.05) is 11.1 Å². The summed E-state index contributed by atoms with van der Waals surface area (Å²) in [5.74, 6) is 0.956. The Morgan fingerprint density at radius 1 is 1.29 bits per heavy atom. The van der Waals surface area contributed by atoms with Crippen LogP contribution in [-0.4, -0.2) is 29.2 Å². The molecule has 2 rings (SSSR count). The van der Waals surface area contributed by atoms with Crippen molar-refractivity contribution in [3.63, 3.8) is 0 Å². The number of nitrogens with zero attached hydrogens (tertiary/aromatic N) is 1. The third-order valence-electron chi connectivity index (χ3n) is 3.03. The van der Waals surface area contributed by atoms with Gasteiger partial charge in [0.25, 0.3) is 0 Å². The molecule has 0 saturated carbocycles. The number of ether oxygens (including phenoxy) is 1. The third-order valence-corrected chi connectivity index (χ3v) is 3.55. The number of rotatable bonds is 8. The van der Waals surface area contributed by atoms with Gasteiger partial charge in [-0.3, -0.25) is 0 Å². The van der Waals surface area contributed by atoms with Gasteiger partial charge in [-0.1, -0.05) is 28.1 Å². The number of aromatic amines is 1. The highest BCUT2D eigenvalue weighted by molar-refractivity contribution is 9.10. The maximum atomic E-state index is 5.50. The Morgan fingerprint density at radius 2 is 2.05 bits per heavy atom. The molecule has 21 heavy (non-hydrogen) atoms. The molecule has 114 valence electrons. The lowest BCUT2D eigenvalue weighted by molar-refractivity contribution is 0.0770. The Bertz CT molecular complexity index is 537. The molecular weight excluding hydrogens is 330 g/mol. The van der Waals surface area contributed by atoms with E-state index in [0.717, 1.165) is 47.7 Å². The van der Waals surface area contributed by atoms with Gasteiger partial charge in [0.15, 0.2) is 0 Å². The quantitative estimate of drug-likeness (QED) is 0.712. The fourth-order valence-corrected chi connectivity index (χ4v) is 2.22. The van der Waals surface area contributed by atoms with Crippen LogP contribution in [0, 0.1) is 0 Å². The zero-order chi connectivity index (χ0) is 15.1. The van der Waals surface area contributed by atoms with Gasteiger partial charge in [0.05, 0.1) is 24.5 Å². The minimum atomic E-state index is 0.309. The zero-order valence-corrected chi connectivity index (χ0v) is 14.1. The SMILES string of the molecule is CC(C)OCCCNCc1ncc(-c2ccc(Br)cc2)[nH]1. The van der Waals surface area contributed by atoms with Gasteiger partial charge in [-0.15, -0.1) is 0 Å². The Labute approximate surface area is 134 Å². The predicted octanol–water partition coefficient (Wildman–Crippen LogP) is 3.74. The van der Waals surface area contributed by atoms with Gasteiger partial charge in [-0.2, -0.15) is 0 Å². The van der Waals surface area contributed by atoms with Crippen LogP contribution in [0.5, 0.6) is 0 Å². The summed E-state index contributed by atoms with van der Waals surface area (Å²) < 4.78 is 6.58. The summed E-state index contributed by atoms with van der Waals surface area (Å²) in [6.07, 6.45) is 3.20. The fourth-order valence-electron chi connectivity index (χ4n) is 1.95. The van der Waals surface area contributed by atoms with Crippen LogP contribution in [0.25, 0.3) is 11.3 Å². The highest BCUT2D eigenvalue weighted by Gasteiger charge is 2.03. The third kappa shape index (κ3) is 5.61. The van der Waals surface area contributed by atoms with E-state index in [1.165, 1.54) is 0 Å². The van der Waals surface area contributed by atoms with Crippen LogP contribution in [0.15, 0.2) is 34.9 Å². The van der Waals surface area contributed by atoms with E-state index in [-0.39, 0.29) is 0 Å². The number of benzene rings is 1. The topological polar surface area (TPSA) is 49.9 Å². The van der Waals surface area contributed by atoms with Crippen molar-refractivity contribution in [3.05, 3.63) is 40.8 Å². The molecule has 0 aliphatic rings. The molecule has 0 atom stereocenters. The molecule has 0 aliphatic heterocycles. The number of aromatic nitrogens is 2. The molecular formula is C16H22BrN3O. The van der Waals surface area contributed by atoms with Crippen molar-refractivity contribution in [2.24, 2.45) is 0 Å². The summed E-state index contributed by atoms with van der Waals surface area (Å²) in [6.45, 7) is 6.59. The van der Waals surface area contributed by atoms with Crippen LogP contribution >= 0.6 is 15.9 Å². The highest BCUT2D eigenvalue weighted by atomic mass is 79.9. The summed E-state index contributed by atoms with van der Waals surface area (Å²) in [7, 11) is 0. The van der Waals surface area contributed by atoms with E-state index >= 15 is 0 Å². The zero-order valence-electron chi connectivity index (χ0n) is 12.5. The lowest BCUT2D eigenvalue weighted by atomic mass is 10.2. The predicted molar refractivity (Wildman–Crippen MR) is 89.1 cm³/mol. The lowest BCUT2D eigenvalue weighted by Gasteiger charge is -2.07. The van der Waals surface area contributed by atoms with Crippen LogP contribution < -0.4 is 5.32 Å². The number of H-pyrrole nitrogens is 1. The molecule has 0 aliphatic carbocycles. The van der Waals surface area contributed by atoms with Crippen molar-refractivity contribution in [2.75, 3.05) is 13.2 Å². The maximum Gasteiger partial charge on any atom is 0.120 e. The van der Waals surface area contributed by atoms with Crippen molar-refractivity contribution in [2.45, 2.75) is 32.9 Å². The Kier molecular flexibility index (Phi) is 6.42. The summed E-state index contributed by atoms with van der Waals surface area (Å²) in [6, 6.07) is 8.20. The molecule has 0 saturated heterocycles. The van der Waals surface area contributed by atoms with Crippen molar-refractivity contribution >= 4 is 15.9 Å². The molecule has 0 radical (unpaired) electrons. The van der Waals surface area contributed by atoms with E-state index < -0.39 is 0 Å². The fraction of sp³-hybridized carbons (Fsp3) is 0.438. The van der Waals surface area contributed by atoms with Crippen molar-refractivity contribution < 1.29 is 4.74 Å². The van der Waals surface area contributed by atoms with Crippen molar-refractivity contribution in [1.29, 1.82) is 0 Å². The van der Waals surface area contributed by atoms with Gasteiger partial charge in [-0.25, -0.2) is 4.98 Å². The lowest BCUT2D eigenvalue weighted by Crippen LogP contribution is -2.18. The minimum absolute atomic E-state index is 0.309. The Balaban J connectivity index is 1.74. The van der Waals surface area contributed by atoms with Crippen molar-refractivity contribution in [1.82, 2.24) is 15.3 Å². The molecule has 5 heteroatoms. The Morgan fingerprint density at radius 3 is 2.76 bits per heavy atom. The highest BCUT2D eigenvalue weighted by Crippen LogP contribution is 2.19. The first-order valence-electron chi connectivity index (χ1n) is 7.27. The standard InChI is InChI=1S/C16H22BrN3O/c1-12(2)21-9-3-8-18-11-16-19-10-15(20-16)13-4-6-14(17)7-5-13/h4-7,10,12,18H,3,8-9,11H2,1-2H3,(H,19,20). The number of halogens is 1. The largest absolute Gasteiger partial charge is 0.379 e. The summed E-state index contributed by atoms with van der Waals surface area (Å²) in [5, 5.41) is 3.37. The molecule has 0 unspecified atom stereocenters. The average Bonchev–Trinajstić information content (AvgIpc) is 2.92. The minimum Gasteiger partial charge on any atom is -0.379 e. The molecule has 2 N–H and O–H groups in total. The van der Waals surface area contributed by atoms with Crippen LogP contribution in [0.2, 0.25) is 0 Å². The number of hydrogen-bond acceptors (Lipinski definition) is 3. The molecule has 0 amide bonds. The first-order chi connectivity index (χ1) is 10.1. The molecule has 0 bridgehead atoms. The van der Waals surface area contributed by atoms with Crippen LogP contribution in [-0.2, 0) is 11.3 Å². The first kappa shape index (κ1) is 16.2. The van der Waals surface area contributed by atoms with Gasteiger partial charge in [0.2, 0.25) is 0 Å². The summed E-state index contributed by atoms with van der Waals surface area (Å²) in [5.41, 5.74) is 2.18. The molecule has 1 aromatic heterocycles. The Hall–Kier alpha value is -1.17. The van der Waals surface area contributed by atoms with E-state index in [1.54, 1.807) is 0 Å². The average molecular weight is 352 g/mol. The summed E-state index contributed by atoms with van der Waals surface area (Å²) in [4.78, 5) is 7.74. The van der Waals surface area contributed by atoms with Crippen LogP contribution in [0.4, 0.5) is 0 Å². The van der Waals surface area contributed by atoms with Crippen LogP contribution in [0.3, 0.4) is 0 Å². The smallest absolute Gasteiger partial charge is 0.120 e. The molecule has 4 nitrogen and oxygen atoms in total. The molecule has 0 fully saturated rings. The van der Waals surface area contributed by atoms with E-state index in [9.17, 15) is 0 Å². The second kappa shape index (κ2) is 8.32. The monoisotopic (exact) mass is 351 g/mol. The van der Waals surface area contributed by atoms with E-state index in [2.05, 4.69) is 57.2 Å². The van der Waals surface area contributed by atoms with Crippen LogP contribution in [0.1, 0.15) is 26.1 Å². The van der Waals surface area contributed by atoms with E-state index in [0.29, 0.717) is 6.10 Å². The second-order valence-electron chi connectivity index (χ2n) is 5.20. The van der Waals surface area contributed by atoms with Gasteiger partial charge in [0.1, 0.15) is 5.82 Å². The number of hydrogen-bond donors (Lipinski definition) is 2. The normalized spacial score (nSPS) is 11.2. The number of imidazole rings is 1. The van der Waals surface area contributed by atoms with Crippen molar-refractivity contribution in [3.8, 4) is 11.3 Å². The van der Waals surface area contributed by atoms with Gasteiger partial charge >= 0.3 is 0 Å². The maximum absolute atomic E-state index is 5.50. The molecule has 1 aromatic carbocycles. The first-order valence-corrected chi connectivity index (χ1v) is 8.06. The molecule has 0 spiro atoms. The number of nitrogens with one attached hydrogen (secondary N) is 2.